The molecule has 0 unspecified atom stereocenters. The fourth-order valence-corrected chi connectivity index (χ4v) is 1.04. The Morgan fingerprint density at radius 2 is 2.22 bits per heavy atom. The van der Waals surface area contributed by atoms with Crippen LogP contribution in [-0.2, 0) is 0 Å². The number of nitrogens with zero attached hydrogens (tertiary/aromatic N) is 2. The molecule has 0 fully saturated rings. The minimum Gasteiger partial charge on any atom is -0.256 e. The van der Waals surface area contributed by atoms with E-state index in [1.807, 2.05) is 0 Å². The average Bonchev–Trinajstić information content (AvgIpc) is 1.59. The lowest BCUT2D eigenvalue weighted by Crippen LogP contribution is -2.26. The molecule has 6 heteroatoms. The number of hydrazine groups is 1. The number of hydrazone groups is 1. The van der Waals surface area contributed by atoms with Gasteiger partial charge in [-0.05, 0) is 0 Å². The summed E-state index contributed by atoms with van der Waals surface area (Å²) in [5.74, 6) is 0. The van der Waals surface area contributed by atoms with Gasteiger partial charge in [-0.3, -0.25) is 5.43 Å². The Kier molecular flexibility index (Phi) is 2.05. The Morgan fingerprint density at radius 3 is 2.67 bits per heavy atom. The van der Waals surface area contributed by atoms with Crippen LogP contribution in [-0.4, -0.2) is 9.81 Å². The van der Waals surface area contributed by atoms with E-state index >= 15 is 0 Å². The van der Waals surface area contributed by atoms with Gasteiger partial charge in [-0.1, -0.05) is 23.2 Å². The Bertz CT molecular complexity index is 175. The second kappa shape index (κ2) is 2.64. The molecular weight excluding hydrogens is 184 g/mol. The van der Waals surface area contributed by atoms with E-state index in [2.05, 4.69) is 10.5 Å². The zero-order valence-electron chi connectivity index (χ0n) is 4.11. The lowest BCUT2D eigenvalue weighted by Gasteiger charge is -2.14. The second-order valence-electron chi connectivity index (χ2n) is 1.29. The van der Waals surface area contributed by atoms with E-state index in [9.17, 15) is 0 Å². The van der Waals surface area contributed by atoms with Crippen LogP contribution in [0, 0.1) is 0 Å². The van der Waals surface area contributed by atoms with Crippen LogP contribution in [0.1, 0.15) is 0 Å². The smallest absolute Gasteiger partial charge is 0.155 e. The fourth-order valence-electron chi connectivity index (χ4n) is 0.363. The van der Waals surface area contributed by atoms with Crippen LogP contribution < -0.4 is 5.43 Å². The maximum Gasteiger partial charge on any atom is 0.155 e. The highest BCUT2D eigenvalue weighted by Crippen LogP contribution is 2.08. The fraction of sp³-hybridized carbons (Fsp3) is 0. The molecule has 0 aliphatic carbocycles. The van der Waals surface area contributed by atoms with Crippen molar-refractivity contribution in [3.63, 3.8) is 0 Å². The standard InChI is InChI=1S/C3H2Cl3N3/c4-2-1-3(5)8-9(6)7-2/h1,7H. The van der Waals surface area contributed by atoms with Crippen LogP contribution in [0.25, 0.3) is 0 Å². The van der Waals surface area contributed by atoms with Gasteiger partial charge in [0.05, 0.1) is 11.8 Å². The molecule has 1 aliphatic rings. The van der Waals surface area contributed by atoms with Crippen molar-refractivity contribution in [2.24, 2.45) is 5.10 Å². The highest BCUT2D eigenvalue weighted by atomic mass is 35.5. The monoisotopic (exact) mass is 185 g/mol. The molecule has 0 bridgehead atoms. The van der Waals surface area contributed by atoms with Gasteiger partial charge in [0.2, 0.25) is 0 Å². The molecule has 0 radical (unpaired) electrons. The number of hydrogen-bond acceptors (Lipinski definition) is 3. The lowest BCUT2D eigenvalue weighted by atomic mass is 10.6. The molecule has 1 heterocycles. The van der Waals surface area contributed by atoms with E-state index in [0.717, 1.165) is 4.64 Å². The van der Waals surface area contributed by atoms with Gasteiger partial charge in [0.1, 0.15) is 5.16 Å². The summed E-state index contributed by atoms with van der Waals surface area (Å²) in [7, 11) is 0. The van der Waals surface area contributed by atoms with Crippen molar-refractivity contribution in [2.45, 2.75) is 0 Å². The summed E-state index contributed by atoms with van der Waals surface area (Å²) in [5.41, 5.74) is 2.46. The van der Waals surface area contributed by atoms with Crippen molar-refractivity contribution in [1.29, 1.82) is 0 Å². The number of hydrogen-bond donors (Lipinski definition) is 1. The quantitative estimate of drug-likeness (QED) is 0.460. The Balaban J connectivity index is 2.74. The maximum atomic E-state index is 5.46. The molecule has 0 amide bonds. The molecule has 9 heavy (non-hydrogen) atoms. The first-order valence-electron chi connectivity index (χ1n) is 2.02. The predicted molar refractivity (Wildman–Crippen MR) is 38.1 cm³/mol. The van der Waals surface area contributed by atoms with Gasteiger partial charge in [0, 0.05) is 6.08 Å². The second-order valence-corrected chi connectivity index (χ2v) is 2.40. The summed E-state index contributed by atoms with van der Waals surface area (Å²) in [5, 5.41) is 4.12. The van der Waals surface area contributed by atoms with Gasteiger partial charge in [-0.2, -0.15) is 0 Å². The molecule has 1 aliphatic heterocycles. The van der Waals surface area contributed by atoms with Crippen LogP contribution in [0.5, 0.6) is 0 Å². The van der Waals surface area contributed by atoms with E-state index in [1.54, 1.807) is 0 Å². The minimum absolute atomic E-state index is 0.244. The van der Waals surface area contributed by atoms with Gasteiger partial charge < -0.3 is 0 Å². The third-order valence-electron chi connectivity index (χ3n) is 0.628. The predicted octanol–water partition coefficient (Wildman–Crippen LogP) is 1.59. The minimum atomic E-state index is 0.244. The van der Waals surface area contributed by atoms with Crippen LogP contribution in [0.15, 0.2) is 16.3 Å². The number of allylic oxidation sites excluding steroid dienone is 1. The molecule has 0 spiro atoms. The summed E-state index contributed by atoms with van der Waals surface area (Å²) in [6.45, 7) is 0. The van der Waals surface area contributed by atoms with Crippen LogP contribution >= 0.6 is 35.0 Å². The van der Waals surface area contributed by atoms with Crippen molar-refractivity contribution in [1.82, 2.24) is 10.1 Å². The van der Waals surface area contributed by atoms with Gasteiger partial charge in [0.15, 0.2) is 5.17 Å². The Hall–Kier alpha value is -0.120. The summed E-state index contributed by atoms with van der Waals surface area (Å²) in [6, 6.07) is 0. The van der Waals surface area contributed by atoms with E-state index in [4.69, 9.17) is 35.0 Å². The van der Waals surface area contributed by atoms with Crippen LogP contribution in [0.2, 0.25) is 0 Å². The molecular formula is C3H2Cl3N3. The molecule has 0 aromatic carbocycles. The molecule has 0 atom stereocenters. The first-order chi connectivity index (χ1) is 4.18. The third-order valence-corrected chi connectivity index (χ3v) is 1.17. The molecule has 0 aromatic heterocycles. The maximum absolute atomic E-state index is 5.46. The average molecular weight is 186 g/mol. The zero-order chi connectivity index (χ0) is 6.85. The van der Waals surface area contributed by atoms with Gasteiger partial charge in [0.25, 0.3) is 0 Å². The van der Waals surface area contributed by atoms with Crippen molar-refractivity contribution in [3.05, 3.63) is 11.2 Å². The normalized spacial score (nSPS) is 18.3. The lowest BCUT2D eigenvalue weighted by molar-refractivity contribution is 0.407. The van der Waals surface area contributed by atoms with Gasteiger partial charge in [-0.15, -0.1) is 9.74 Å². The molecule has 0 saturated carbocycles. The van der Waals surface area contributed by atoms with E-state index in [0.29, 0.717) is 5.16 Å². The number of nitrogens with one attached hydrogen (secondary N) is 1. The summed E-state index contributed by atoms with van der Waals surface area (Å²) >= 11 is 16.2. The first-order valence-corrected chi connectivity index (χ1v) is 3.12. The molecule has 1 N–H and O–H groups in total. The Labute approximate surface area is 66.9 Å². The number of halogens is 3. The van der Waals surface area contributed by atoms with E-state index in [1.165, 1.54) is 6.08 Å². The summed E-state index contributed by atoms with van der Waals surface area (Å²) in [6.07, 6.45) is 1.45. The topological polar surface area (TPSA) is 27.6 Å². The SMILES string of the molecule is ClC1=CC(Cl)=NN(Cl)N1. The summed E-state index contributed by atoms with van der Waals surface area (Å²) < 4.78 is 0.907. The highest BCUT2D eigenvalue weighted by molar-refractivity contribution is 6.69. The van der Waals surface area contributed by atoms with Gasteiger partial charge in [-0.25, -0.2) is 0 Å². The zero-order valence-corrected chi connectivity index (χ0v) is 6.37. The first kappa shape index (κ1) is 6.99. The highest BCUT2D eigenvalue weighted by Gasteiger charge is 2.05. The summed E-state index contributed by atoms with van der Waals surface area (Å²) in [4.78, 5) is 0. The third kappa shape index (κ3) is 1.93. The Morgan fingerprint density at radius 1 is 1.56 bits per heavy atom. The van der Waals surface area contributed by atoms with Crippen LogP contribution in [0.4, 0.5) is 0 Å². The molecule has 3 nitrogen and oxygen atoms in total. The van der Waals surface area contributed by atoms with Crippen LogP contribution in [0.3, 0.4) is 0 Å². The van der Waals surface area contributed by atoms with Crippen molar-refractivity contribution in [2.75, 3.05) is 0 Å². The van der Waals surface area contributed by atoms with Crippen molar-refractivity contribution >= 4 is 40.1 Å². The van der Waals surface area contributed by atoms with Crippen molar-refractivity contribution in [3.8, 4) is 0 Å². The van der Waals surface area contributed by atoms with Crippen molar-refractivity contribution < 1.29 is 0 Å². The largest absolute Gasteiger partial charge is 0.256 e. The number of rotatable bonds is 0. The molecule has 0 saturated heterocycles. The molecule has 0 aromatic rings. The molecule has 50 valence electrons. The molecule has 1 rings (SSSR count). The van der Waals surface area contributed by atoms with E-state index in [-0.39, 0.29) is 5.17 Å². The van der Waals surface area contributed by atoms with Gasteiger partial charge >= 0.3 is 0 Å². The van der Waals surface area contributed by atoms with E-state index < -0.39 is 0 Å².